The van der Waals surface area contributed by atoms with Crippen LogP contribution in [0.1, 0.15) is 27.6 Å². The molecule has 0 radical (unpaired) electrons. The van der Waals surface area contributed by atoms with Crippen molar-refractivity contribution in [1.82, 2.24) is 10.2 Å². The molecule has 1 fully saturated rings. The van der Waals surface area contributed by atoms with Gasteiger partial charge in [0.05, 0.1) is 6.54 Å². The van der Waals surface area contributed by atoms with E-state index in [1.807, 2.05) is 18.2 Å². The van der Waals surface area contributed by atoms with Gasteiger partial charge in [-0.25, -0.2) is 4.79 Å². The highest BCUT2D eigenvalue weighted by Crippen LogP contribution is 2.36. The van der Waals surface area contributed by atoms with Gasteiger partial charge in [0.2, 0.25) is 0 Å². The van der Waals surface area contributed by atoms with Crippen LogP contribution in [-0.2, 0) is 9.53 Å². The quantitative estimate of drug-likeness (QED) is 0.475. The van der Waals surface area contributed by atoms with E-state index >= 15 is 0 Å². The van der Waals surface area contributed by atoms with Crippen molar-refractivity contribution in [1.29, 1.82) is 0 Å². The Hall–Kier alpha value is -3.19. The maximum Gasteiger partial charge on any atom is 0.333 e. The fraction of sp³-hybridized carbons (Fsp3) is 0.318. The fourth-order valence-electron chi connectivity index (χ4n) is 3.87. The van der Waals surface area contributed by atoms with Crippen molar-refractivity contribution in [3.05, 3.63) is 53.6 Å². The van der Waals surface area contributed by atoms with Gasteiger partial charge in [-0.15, -0.1) is 0 Å². The predicted octanol–water partition coefficient (Wildman–Crippen LogP) is 1.96. The molecule has 0 aromatic heterocycles. The van der Waals surface area contributed by atoms with Crippen LogP contribution in [0.25, 0.3) is 10.8 Å². The molecule has 0 unspecified atom stereocenters. The smallest absolute Gasteiger partial charge is 0.333 e. The summed E-state index contributed by atoms with van der Waals surface area (Å²) in [5.74, 6) is -1.26. The van der Waals surface area contributed by atoms with E-state index in [9.17, 15) is 14.4 Å². The maximum absolute atomic E-state index is 13.0. The molecule has 0 atom stereocenters. The molecular formula is C22H23N3O4. The molecule has 2 amide bonds. The Balaban J connectivity index is 1.67. The molecule has 0 spiro atoms. The van der Waals surface area contributed by atoms with Gasteiger partial charge < -0.3 is 15.0 Å². The summed E-state index contributed by atoms with van der Waals surface area (Å²) in [4.78, 5) is 41.1. The molecular weight excluding hydrogens is 370 g/mol. The van der Waals surface area contributed by atoms with Crippen molar-refractivity contribution in [3.8, 4) is 0 Å². The van der Waals surface area contributed by atoms with Crippen LogP contribution in [0.4, 0.5) is 5.69 Å². The van der Waals surface area contributed by atoms with E-state index in [4.69, 9.17) is 4.74 Å². The van der Waals surface area contributed by atoms with Gasteiger partial charge in [0, 0.05) is 59.3 Å². The Bertz CT molecular complexity index is 1000. The Morgan fingerprint density at radius 3 is 2.48 bits per heavy atom. The van der Waals surface area contributed by atoms with Gasteiger partial charge in [-0.3, -0.25) is 14.5 Å². The minimum Gasteiger partial charge on any atom is -0.460 e. The van der Waals surface area contributed by atoms with E-state index in [1.165, 1.54) is 0 Å². The van der Waals surface area contributed by atoms with Crippen molar-refractivity contribution in [2.45, 2.75) is 6.92 Å². The van der Waals surface area contributed by atoms with Gasteiger partial charge in [-0.05, 0) is 25.1 Å². The zero-order valence-corrected chi connectivity index (χ0v) is 16.4. The summed E-state index contributed by atoms with van der Waals surface area (Å²) in [6, 6.07) is 9.31. The van der Waals surface area contributed by atoms with Gasteiger partial charge in [0.25, 0.3) is 11.8 Å². The number of hydrogen-bond donors (Lipinski definition) is 1. The number of rotatable bonds is 5. The second kappa shape index (κ2) is 7.67. The van der Waals surface area contributed by atoms with Gasteiger partial charge in [-0.1, -0.05) is 18.7 Å². The number of piperazine rings is 1. The van der Waals surface area contributed by atoms with Gasteiger partial charge in [0.15, 0.2) is 0 Å². The molecule has 2 aromatic rings. The predicted molar refractivity (Wildman–Crippen MR) is 110 cm³/mol. The van der Waals surface area contributed by atoms with Crippen molar-refractivity contribution in [2.24, 2.45) is 0 Å². The first-order valence-corrected chi connectivity index (χ1v) is 9.69. The summed E-state index contributed by atoms with van der Waals surface area (Å²) in [5, 5.41) is 4.95. The molecule has 0 saturated carbocycles. The van der Waals surface area contributed by atoms with Crippen LogP contribution >= 0.6 is 0 Å². The number of nitrogens with one attached hydrogen (secondary N) is 1. The summed E-state index contributed by atoms with van der Waals surface area (Å²) >= 11 is 0. The van der Waals surface area contributed by atoms with Crippen molar-refractivity contribution < 1.29 is 19.1 Å². The zero-order valence-electron chi connectivity index (χ0n) is 16.4. The highest BCUT2D eigenvalue weighted by molar-refractivity contribution is 6.26. The second-order valence-corrected chi connectivity index (χ2v) is 7.28. The lowest BCUT2D eigenvalue weighted by Gasteiger charge is -2.32. The summed E-state index contributed by atoms with van der Waals surface area (Å²) < 4.78 is 5.07. The number of anilines is 1. The van der Waals surface area contributed by atoms with E-state index in [1.54, 1.807) is 19.1 Å². The van der Waals surface area contributed by atoms with Crippen LogP contribution in [-0.4, -0.2) is 62.0 Å². The number of benzene rings is 2. The first-order chi connectivity index (χ1) is 14.0. The number of hydrogen-bond acceptors (Lipinski definition) is 6. The van der Waals surface area contributed by atoms with Crippen LogP contribution in [0, 0.1) is 0 Å². The number of imide groups is 1. The third-order valence-corrected chi connectivity index (χ3v) is 5.32. The second-order valence-electron chi connectivity index (χ2n) is 7.28. The number of carbonyl (C=O) groups is 3. The molecule has 1 saturated heterocycles. The average molecular weight is 393 g/mol. The maximum atomic E-state index is 13.0. The largest absolute Gasteiger partial charge is 0.460 e. The first kappa shape index (κ1) is 19.1. The third-order valence-electron chi connectivity index (χ3n) is 5.32. The third kappa shape index (κ3) is 3.38. The van der Waals surface area contributed by atoms with E-state index in [0.29, 0.717) is 16.5 Å². The number of ether oxygens (including phenoxy) is 1. The van der Waals surface area contributed by atoms with Crippen molar-refractivity contribution >= 4 is 34.2 Å². The van der Waals surface area contributed by atoms with E-state index < -0.39 is 5.97 Å². The van der Waals surface area contributed by atoms with E-state index in [0.717, 1.165) is 42.2 Å². The van der Waals surface area contributed by atoms with Gasteiger partial charge >= 0.3 is 5.97 Å². The molecule has 7 heteroatoms. The van der Waals surface area contributed by atoms with Crippen molar-refractivity contribution in [2.75, 3.05) is 44.2 Å². The standard InChI is InChI=1S/C22H23N3O4/c1-14(2)22(28)29-13-12-25-20(26)16-5-3-4-15-18(24-10-8-23-9-11-24)7-6-17(19(15)16)21(25)27/h3-7,23H,1,8-13H2,2H3. The minimum atomic E-state index is -0.537. The van der Waals surface area contributed by atoms with Crippen LogP contribution < -0.4 is 10.2 Å². The molecule has 7 nitrogen and oxygen atoms in total. The molecule has 2 aliphatic heterocycles. The molecule has 2 aliphatic rings. The van der Waals surface area contributed by atoms with Crippen molar-refractivity contribution in [3.63, 3.8) is 0 Å². The van der Waals surface area contributed by atoms with E-state index in [-0.39, 0.29) is 30.5 Å². The summed E-state index contributed by atoms with van der Waals surface area (Å²) in [5.41, 5.74) is 2.31. The summed E-state index contributed by atoms with van der Waals surface area (Å²) in [6.45, 7) is 8.57. The first-order valence-electron chi connectivity index (χ1n) is 9.69. The highest BCUT2D eigenvalue weighted by atomic mass is 16.5. The molecule has 29 heavy (non-hydrogen) atoms. The summed E-state index contributed by atoms with van der Waals surface area (Å²) in [7, 11) is 0. The number of carbonyl (C=O) groups excluding carboxylic acids is 3. The van der Waals surface area contributed by atoms with Gasteiger partial charge in [0.1, 0.15) is 6.61 Å². The molecule has 2 heterocycles. The molecule has 0 aliphatic carbocycles. The number of esters is 1. The Morgan fingerprint density at radius 1 is 1.10 bits per heavy atom. The van der Waals surface area contributed by atoms with Crippen LogP contribution in [0.2, 0.25) is 0 Å². The Morgan fingerprint density at radius 2 is 1.79 bits per heavy atom. The monoisotopic (exact) mass is 393 g/mol. The fourth-order valence-corrected chi connectivity index (χ4v) is 3.87. The number of nitrogens with zero attached hydrogens (tertiary/aromatic N) is 2. The lowest BCUT2D eigenvalue weighted by molar-refractivity contribution is -0.139. The Labute approximate surface area is 168 Å². The molecule has 2 aromatic carbocycles. The van der Waals surface area contributed by atoms with E-state index in [2.05, 4.69) is 16.8 Å². The normalized spacial score (nSPS) is 16.3. The van der Waals surface area contributed by atoms with Crippen LogP contribution in [0.15, 0.2) is 42.5 Å². The lowest BCUT2D eigenvalue weighted by Crippen LogP contribution is -2.44. The molecule has 0 bridgehead atoms. The SMILES string of the molecule is C=C(C)C(=O)OCCN1C(=O)c2cccc3c(N4CCNCC4)ccc(c23)C1=O. The molecule has 1 N–H and O–H groups in total. The van der Waals surface area contributed by atoms with Crippen LogP contribution in [0.5, 0.6) is 0 Å². The Kier molecular flexibility index (Phi) is 5.07. The van der Waals surface area contributed by atoms with Gasteiger partial charge in [-0.2, -0.15) is 0 Å². The summed E-state index contributed by atoms with van der Waals surface area (Å²) in [6.07, 6.45) is 0. The topological polar surface area (TPSA) is 79.0 Å². The van der Waals surface area contributed by atoms with Crippen LogP contribution in [0.3, 0.4) is 0 Å². The molecule has 4 rings (SSSR count). The zero-order chi connectivity index (χ0) is 20.5. The number of amides is 2. The molecule has 150 valence electrons. The highest BCUT2D eigenvalue weighted by Gasteiger charge is 2.33. The lowest BCUT2D eigenvalue weighted by atomic mass is 9.92. The minimum absolute atomic E-state index is 0.00601. The average Bonchev–Trinajstić information content (AvgIpc) is 2.74.